The van der Waals surface area contributed by atoms with Crippen LogP contribution in [0.4, 0.5) is 4.79 Å². The minimum absolute atomic E-state index is 0.152. The van der Waals surface area contributed by atoms with Crippen molar-refractivity contribution in [2.24, 2.45) is 5.92 Å². The molecule has 0 aromatic heterocycles. The summed E-state index contributed by atoms with van der Waals surface area (Å²) in [6.07, 6.45) is 0.785. The number of hydrogen-bond donors (Lipinski definition) is 1. The van der Waals surface area contributed by atoms with Gasteiger partial charge in [0.25, 0.3) is 0 Å². The Morgan fingerprint density at radius 3 is 2.50 bits per heavy atom. The van der Waals surface area contributed by atoms with E-state index < -0.39 is 0 Å². The monoisotopic (exact) mass is 282 g/mol. The van der Waals surface area contributed by atoms with Gasteiger partial charge in [0, 0.05) is 5.70 Å². The highest BCUT2D eigenvalue weighted by atomic mass is 16.5. The Hall–Kier alpha value is -1.52. The van der Waals surface area contributed by atoms with Crippen LogP contribution < -0.4 is 5.32 Å². The lowest BCUT2D eigenvalue weighted by Gasteiger charge is -2.28. The molecular formula is C15H26N2O3. The van der Waals surface area contributed by atoms with Crippen molar-refractivity contribution >= 4 is 12.0 Å². The largest absolute Gasteiger partial charge is 0.462 e. The Balaban J connectivity index is 2.89. The van der Waals surface area contributed by atoms with E-state index in [1.165, 1.54) is 0 Å². The second-order valence-corrected chi connectivity index (χ2v) is 5.93. The number of rotatable bonds is 5. The zero-order valence-electron chi connectivity index (χ0n) is 13.4. The van der Waals surface area contributed by atoms with E-state index in [2.05, 4.69) is 19.2 Å². The van der Waals surface area contributed by atoms with Crippen molar-refractivity contribution < 1.29 is 14.3 Å². The lowest BCUT2D eigenvalue weighted by Crippen LogP contribution is -2.45. The topological polar surface area (TPSA) is 58.6 Å². The average Bonchev–Trinajstić information content (AvgIpc) is 2.71. The minimum Gasteiger partial charge on any atom is -0.462 e. The van der Waals surface area contributed by atoms with Gasteiger partial charge in [-0.2, -0.15) is 0 Å². The molecular weight excluding hydrogens is 256 g/mol. The molecule has 1 aliphatic rings. The summed E-state index contributed by atoms with van der Waals surface area (Å²) in [5.41, 5.74) is 0.876. The van der Waals surface area contributed by atoms with Gasteiger partial charge in [0.05, 0.1) is 24.3 Å². The van der Waals surface area contributed by atoms with Crippen LogP contribution in [0, 0.1) is 5.92 Å². The highest BCUT2D eigenvalue weighted by Gasteiger charge is 2.42. The zero-order valence-corrected chi connectivity index (χ0v) is 13.4. The Morgan fingerprint density at radius 2 is 2.05 bits per heavy atom. The fraction of sp³-hybridized carbons (Fsp3) is 0.733. The van der Waals surface area contributed by atoms with E-state index >= 15 is 0 Å². The Labute approximate surface area is 121 Å². The van der Waals surface area contributed by atoms with Crippen LogP contribution in [0.25, 0.3) is 0 Å². The van der Waals surface area contributed by atoms with Crippen LogP contribution >= 0.6 is 0 Å². The molecule has 5 heteroatoms. The smallest absolute Gasteiger partial charge is 0.335 e. The average molecular weight is 282 g/mol. The summed E-state index contributed by atoms with van der Waals surface area (Å²) >= 11 is 0. The number of carbonyl (C=O) groups excluding carboxylic acids is 2. The molecule has 5 nitrogen and oxygen atoms in total. The van der Waals surface area contributed by atoms with Crippen molar-refractivity contribution in [2.45, 2.75) is 53.5 Å². The van der Waals surface area contributed by atoms with E-state index in [1.54, 1.807) is 18.7 Å². The standard InChI is InChI=1S/C15H26N2O3/c1-7-8-20-13(18)11(4)12(5)17-9-15(6,10(2)3)16-14(17)19/h10H,7-9H2,1-6H3,(H,16,19). The molecule has 1 heterocycles. The van der Waals surface area contributed by atoms with Crippen molar-refractivity contribution in [1.82, 2.24) is 10.2 Å². The number of ether oxygens (including phenoxy) is 1. The molecule has 1 rings (SSSR count). The molecule has 0 bridgehead atoms. The molecule has 114 valence electrons. The normalized spacial score (nSPS) is 23.8. The lowest BCUT2D eigenvalue weighted by atomic mass is 9.89. The first-order valence-electron chi connectivity index (χ1n) is 7.17. The van der Waals surface area contributed by atoms with E-state index in [0.717, 1.165) is 6.42 Å². The van der Waals surface area contributed by atoms with Crippen LogP contribution in [0.2, 0.25) is 0 Å². The first-order valence-corrected chi connectivity index (χ1v) is 7.17. The summed E-state index contributed by atoms with van der Waals surface area (Å²) in [4.78, 5) is 25.6. The molecule has 2 amide bonds. The van der Waals surface area contributed by atoms with Crippen LogP contribution in [0.3, 0.4) is 0 Å². The van der Waals surface area contributed by atoms with Gasteiger partial charge in [0.1, 0.15) is 0 Å². The number of nitrogens with zero attached hydrogens (tertiary/aromatic N) is 1. The Bertz CT molecular complexity index is 429. The molecule has 1 N–H and O–H groups in total. The van der Waals surface area contributed by atoms with E-state index in [1.807, 2.05) is 13.8 Å². The van der Waals surface area contributed by atoms with Crippen LogP contribution in [0.1, 0.15) is 48.0 Å². The van der Waals surface area contributed by atoms with E-state index in [9.17, 15) is 9.59 Å². The van der Waals surface area contributed by atoms with Gasteiger partial charge >= 0.3 is 12.0 Å². The summed E-state index contributed by atoms with van der Waals surface area (Å²) in [6.45, 7) is 12.6. The summed E-state index contributed by atoms with van der Waals surface area (Å²) in [7, 11) is 0. The predicted octanol–water partition coefficient (Wildman–Crippen LogP) is 2.67. The van der Waals surface area contributed by atoms with Gasteiger partial charge in [0.15, 0.2) is 0 Å². The van der Waals surface area contributed by atoms with Gasteiger partial charge in [-0.15, -0.1) is 0 Å². The summed E-state index contributed by atoms with van der Waals surface area (Å²) < 4.78 is 5.11. The van der Waals surface area contributed by atoms with Gasteiger partial charge in [-0.1, -0.05) is 20.8 Å². The van der Waals surface area contributed by atoms with Crippen LogP contribution in [0.15, 0.2) is 11.3 Å². The minimum atomic E-state index is -0.352. The van der Waals surface area contributed by atoms with Crippen molar-refractivity contribution in [3.8, 4) is 0 Å². The number of nitrogens with one attached hydrogen (secondary N) is 1. The van der Waals surface area contributed by atoms with Gasteiger partial charge in [-0.3, -0.25) is 4.90 Å². The lowest BCUT2D eigenvalue weighted by molar-refractivity contribution is -0.139. The third kappa shape index (κ3) is 3.32. The number of esters is 1. The predicted molar refractivity (Wildman–Crippen MR) is 78.1 cm³/mol. The second-order valence-electron chi connectivity index (χ2n) is 5.93. The van der Waals surface area contributed by atoms with Crippen molar-refractivity contribution in [3.05, 3.63) is 11.3 Å². The second kappa shape index (κ2) is 6.29. The van der Waals surface area contributed by atoms with Crippen molar-refractivity contribution in [1.29, 1.82) is 0 Å². The number of urea groups is 1. The highest BCUT2D eigenvalue weighted by molar-refractivity contribution is 5.90. The fourth-order valence-electron chi connectivity index (χ4n) is 2.00. The summed E-state index contributed by atoms with van der Waals surface area (Å²) in [5, 5.41) is 3.00. The maximum Gasteiger partial charge on any atom is 0.335 e. The molecule has 0 saturated carbocycles. The summed E-state index contributed by atoms with van der Waals surface area (Å²) in [6, 6.07) is -0.152. The molecule has 0 spiro atoms. The highest BCUT2D eigenvalue weighted by Crippen LogP contribution is 2.27. The van der Waals surface area contributed by atoms with Gasteiger partial charge in [-0.05, 0) is 33.1 Å². The molecule has 1 unspecified atom stereocenters. The van der Waals surface area contributed by atoms with E-state index in [4.69, 9.17) is 4.74 Å². The SMILES string of the molecule is CCCOC(=O)C(C)=C(C)N1CC(C)(C(C)C)NC1=O. The third-order valence-corrected chi connectivity index (χ3v) is 4.09. The van der Waals surface area contributed by atoms with Crippen molar-refractivity contribution in [3.63, 3.8) is 0 Å². The maximum atomic E-state index is 12.1. The summed E-state index contributed by atoms with van der Waals surface area (Å²) in [5.74, 6) is -0.0353. The quantitative estimate of drug-likeness (QED) is 0.623. The fourth-order valence-corrected chi connectivity index (χ4v) is 2.00. The zero-order chi connectivity index (χ0) is 15.5. The van der Waals surface area contributed by atoms with E-state index in [0.29, 0.717) is 30.3 Å². The van der Waals surface area contributed by atoms with Crippen LogP contribution in [0.5, 0.6) is 0 Å². The number of allylic oxidation sites excluding steroid dienone is 1. The van der Waals surface area contributed by atoms with Gasteiger partial charge in [-0.25, -0.2) is 9.59 Å². The number of hydrogen-bond acceptors (Lipinski definition) is 3. The maximum absolute atomic E-state index is 12.1. The molecule has 1 fully saturated rings. The molecule has 1 saturated heterocycles. The van der Waals surface area contributed by atoms with Crippen LogP contribution in [-0.4, -0.2) is 35.6 Å². The van der Waals surface area contributed by atoms with Gasteiger partial charge < -0.3 is 10.1 Å². The first-order chi connectivity index (χ1) is 9.23. The number of amides is 2. The van der Waals surface area contributed by atoms with Crippen LogP contribution in [-0.2, 0) is 9.53 Å². The van der Waals surface area contributed by atoms with Gasteiger partial charge in [0.2, 0.25) is 0 Å². The molecule has 0 aromatic carbocycles. The Morgan fingerprint density at radius 1 is 1.45 bits per heavy atom. The number of carbonyl (C=O) groups is 2. The van der Waals surface area contributed by atoms with E-state index in [-0.39, 0.29) is 17.5 Å². The third-order valence-electron chi connectivity index (χ3n) is 4.09. The molecule has 0 aliphatic carbocycles. The molecule has 1 atom stereocenters. The van der Waals surface area contributed by atoms with Crippen molar-refractivity contribution in [2.75, 3.05) is 13.2 Å². The molecule has 0 radical (unpaired) electrons. The molecule has 20 heavy (non-hydrogen) atoms. The molecule has 0 aromatic rings. The first kappa shape index (κ1) is 16.5. The Kier molecular flexibility index (Phi) is 5.20. The molecule has 1 aliphatic heterocycles.